The summed E-state index contributed by atoms with van der Waals surface area (Å²) >= 11 is 0. The van der Waals surface area contributed by atoms with Crippen LogP contribution in [-0.4, -0.2) is 0 Å². The van der Waals surface area contributed by atoms with E-state index in [1.54, 1.807) is 18.2 Å². The van der Waals surface area contributed by atoms with Crippen LogP contribution < -0.4 is 4.57 Å². The highest BCUT2D eigenvalue weighted by Gasteiger charge is 2.26. The molecule has 0 saturated heterocycles. The second kappa shape index (κ2) is 7.86. The molecule has 2 heterocycles. The maximum atomic E-state index is 15.4. The molecule has 0 saturated carbocycles. The summed E-state index contributed by atoms with van der Waals surface area (Å²) in [4.78, 5) is 3.73. The summed E-state index contributed by atoms with van der Waals surface area (Å²) in [5.74, 6) is 0.0463. The third-order valence-electron chi connectivity index (χ3n) is 6.32. The molecule has 0 atom stereocenters. The van der Waals surface area contributed by atoms with Gasteiger partial charge >= 0.3 is 0 Å². The smallest absolute Gasteiger partial charge is 0.216 e. The molecule has 4 heteroatoms. The van der Waals surface area contributed by atoms with Gasteiger partial charge in [0.05, 0.1) is 17.5 Å². The number of nitrogens with zero attached hydrogens (tertiary/aromatic N) is 2. The number of halogens is 1. The molecular weight excluding hydrogens is 411 g/mol. The summed E-state index contributed by atoms with van der Waals surface area (Å²) in [5.41, 5.74) is 6.96. The highest BCUT2D eigenvalue weighted by molar-refractivity contribution is 6.15. The number of hydrogen-bond donors (Lipinski definition) is 0. The second-order valence-electron chi connectivity index (χ2n) is 8.78. The van der Waals surface area contributed by atoms with Crippen LogP contribution in [-0.2, 0) is 7.05 Å². The van der Waals surface area contributed by atoms with Gasteiger partial charge < -0.3 is 4.42 Å². The van der Waals surface area contributed by atoms with Gasteiger partial charge in [-0.2, -0.15) is 0 Å². The van der Waals surface area contributed by atoms with Crippen LogP contribution in [0.15, 0.2) is 71.3 Å². The normalized spacial score (nSPS) is 11.4. The Labute approximate surface area is 192 Å². The summed E-state index contributed by atoms with van der Waals surface area (Å²) < 4.78 is 23.9. The van der Waals surface area contributed by atoms with Gasteiger partial charge in [0, 0.05) is 23.1 Å². The Balaban J connectivity index is 1.94. The van der Waals surface area contributed by atoms with Crippen molar-refractivity contribution in [3.63, 3.8) is 0 Å². The van der Waals surface area contributed by atoms with Crippen LogP contribution >= 0.6 is 0 Å². The summed E-state index contributed by atoms with van der Waals surface area (Å²) in [7, 11) is 1.99. The van der Waals surface area contributed by atoms with Crippen molar-refractivity contribution in [3.05, 3.63) is 95.2 Å². The maximum Gasteiger partial charge on any atom is 0.216 e. The van der Waals surface area contributed by atoms with Gasteiger partial charge in [0.15, 0.2) is 17.5 Å². The molecule has 5 rings (SSSR count). The molecule has 0 bridgehead atoms. The molecule has 0 N–H and O–H groups in total. The van der Waals surface area contributed by atoms with Crippen molar-refractivity contribution >= 4 is 27.6 Å². The lowest BCUT2D eigenvalue weighted by atomic mass is 9.96. The third kappa shape index (κ3) is 3.29. The van der Waals surface area contributed by atoms with E-state index in [0.717, 1.165) is 22.4 Å². The highest BCUT2D eigenvalue weighted by atomic mass is 19.1. The standard InChI is InChI=1S/C29H24FN2O/c1-17(2)20-13-14-32(5)24(16-20)25-18(3)15-22(30)27-21-11-12-23(31-4)26(28(21)33-29(25)27)19-9-7-6-8-10-19/h6-17H,1-3,5H3/q+1. The van der Waals surface area contributed by atoms with Crippen molar-refractivity contribution in [2.75, 3.05) is 0 Å². The van der Waals surface area contributed by atoms with Crippen molar-refractivity contribution in [1.29, 1.82) is 0 Å². The number of pyridine rings is 1. The van der Waals surface area contributed by atoms with Crippen molar-refractivity contribution in [2.24, 2.45) is 7.05 Å². The summed E-state index contributed by atoms with van der Waals surface area (Å²) in [6, 6.07) is 19.1. The fourth-order valence-electron chi connectivity index (χ4n) is 4.57. The molecule has 33 heavy (non-hydrogen) atoms. The predicted octanol–water partition coefficient (Wildman–Crippen LogP) is 7.87. The monoisotopic (exact) mass is 435 g/mol. The van der Waals surface area contributed by atoms with Crippen molar-refractivity contribution in [2.45, 2.75) is 26.7 Å². The zero-order valence-electron chi connectivity index (χ0n) is 19.1. The second-order valence-corrected chi connectivity index (χ2v) is 8.78. The van der Waals surface area contributed by atoms with E-state index in [1.807, 2.05) is 55.1 Å². The molecule has 0 aliphatic rings. The Morgan fingerprint density at radius 2 is 1.73 bits per heavy atom. The Bertz CT molecular complexity index is 1570. The van der Waals surface area contributed by atoms with E-state index in [4.69, 9.17) is 11.0 Å². The lowest BCUT2D eigenvalue weighted by Gasteiger charge is -2.10. The van der Waals surface area contributed by atoms with E-state index in [0.29, 0.717) is 39.1 Å². The third-order valence-corrected chi connectivity index (χ3v) is 6.32. The minimum Gasteiger partial charge on any atom is -0.456 e. The van der Waals surface area contributed by atoms with Gasteiger partial charge in [-0.25, -0.2) is 13.8 Å². The van der Waals surface area contributed by atoms with Gasteiger partial charge in [-0.05, 0) is 35.6 Å². The van der Waals surface area contributed by atoms with Gasteiger partial charge in [-0.15, -0.1) is 0 Å². The lowest BCUT2D eigenvalue weighted by Crippen LogP contribution is -2.31. The van der Waals surface area contributed by atoms with Crippen LogP contribution in [0.3, 0.4) is 0 Å². The number of hydrogen-bond acceptors (Lipinski definition) is 1. The minimum atomic E-state index is -0.317. The Morgan fingerprint density at radius 3 is 2.42 bits per heavy atom. The van der Waals surface area contributed by atoms with Crippen LogP contribution in [0.5, 0.6) is 0 Å². The summed E-state index contributed by atoms with van der Waals surface area (Å²) in [6.07, 6.45) is 2.04. The Hall–Kier alpha value is -3.97. The van der Waals surface area contributed by atoms with Crippen LogP contribution in [0.25, 0.3) is 49.2 Å². The molecule has 2 aromatic heterocycles. The first kappa shape index (κ1) is 20.9. The fraction of sp³-hybridized carbons (Fsp3) is 0.172. The molecule has 0 aliphatic carbocycles. The van der Waals surface area contributed by atoms with Crippen molar-refractivity contribution in [3.8, 4) is 22.4 Å². The van der Waals surface area contributed by atoms with Gasteiger partial charge in [-0.1, -0.05) is 56.3 Å². The van der Waals surface area contributed by atoms with Crippen LogP contribution in [0.4, 0.5) is 10.1 Å². The predicted molar refractivity (Wildman–Crippen MR) is 131 cm³/mol. The van der Waals surface area contributed by atoms with Crippen molar-refractivity contribution < 1.29 is 13.4 Å². The van der Waals surface area contributed by atoms with E-state index in [9.17, 15) is 0 Å². The minimum absolute atomic E-state index is 0.317. The molecular formula is C29H24FN2O+. The first-order valence-corrected chi connectivity index (χ1v) is 11.0. The lowest BCUT2D eigenvalue weighted by molar-refractivity contribution is -0.660. The molecule has 0 unspecified atom stereocenters. The maximum absolute atomic E-state index is 15.4. The van der Waals surface area contributed by atoms with E-state index < -0.39 is 0 Å². The number of furan rings is 1. The van der Waals surface area contributed by atoms with Crippen LogP contribution in [0.2, 0.25) is 0 Å². The first-order valence-electron chi connectivity index (χ1n) is 11.0. The molecule has 0 aliphatic heterocycles. The van der Waals surface area contributed by atoms with Crippen molar-refractivity contribution in [1.82, 2.24) is 0 Å². The van der Waals surface area contributed by atoms with Crippen LogP contribution in [0.1, 0.15) is 30.9 Å². The van der Waals surface area contributed by atoms with Gasteiger partial charge in [0.2, 0.25) is 5.69 Å². The van der Waals surface area contributed by atoms with E-state index in [2.05, 4.69) is 30.8 Å². The molecule has 0 fully saturated rings. The zero-order chi connectivity index (χ0) is 23.3. The summed E-state index contributed by atoms with van der Waals surface area (Å²) in [6.45, 7) is 13.9. The summed E-state index contributed by atoms with van der Waals surface area (Å²) in [5, 5.41) is 1.13. The van der Waals surface area contributed by atoms with E-state index in [1.165, 1.54) is 5.56 Å². The molecule has 162 valence electrons. The topological polar surface area (TPSA) is 21.4 Å². The van der Waals surface area contributed by atoms with Gasteiger partial charge in [0.25, 0.3) is 0 Å². The number of rotatable bonds is 3. The molecule has 0 radical (unpaired) electrons. The molecule has 3 nitrogen and oxygen atoms in total. The largest absolute Gasteiger partial charge is 0.456 e. The molecule has 3 aromatic carbocycles. The quantitative estimate of drug-likeness (QED) is 0.209. The number of fused-ring (bicyclic) bond motifs is 3. The Kier molecular flexibility index (Phi) is 4.98. The molecule has 0 amide bonds. The average molecular weight is 436 g/mol. The Morgan fingerprint density at radius 1 is 0.970 bits per heavy atom. The van der Waals surface area contributed by atoms with E-state index >= 15 is 4.39 Å². The number of aryl methyl sites for hydroxylation is 2. The molecule has 0 spiro atoms. The fourth-order valence-corrected chi connectivity index (χ4v) is 4.57. The van der Waals surface area contributed by atoms with Gasteiger partial charge in [0.1, 0.15) is 18.4 Å². The first-order chi connectivity index (χ1) is 15.9. The number of benzene rings is 3. The van der Waals surface area contributed by atoms with Crippen LogP contribution in [0, 0.1) is 19.3 Å². The van der Waals surface area contributed by atoms with Gasteiger partial charge in [-0.3, -0.25) is 0 Å². The van der Waals surface area contributed by atoms with E-state index in [-0.39, 0.29) is 5.82 Å². The number of aromatic nitrogens is 1. The zero-order valence-corrected chi connectivity index (χ0v) is 19.1. The molecule has 5 aromatic rings. The average Bonchev–Trinajstić information content (AvgIpc) is 3.19. The highest BCUT2D eigenvalue weighted by Crippen LogP contribution is 2.45. The SMILES string of the molecule is [C-]#[N+]c1ccc2c(oc3c(-c4cc(C(C)C)cc[n+]4C)c(C)cc(F)c32)c1-c1ccccc1.